The van der Waals surface area contributed by atoms with Gasteiger partial charge in [0.25, 0.3) is 5.91 Å². The second-order valence-electron chi connectivity index (χ2n) is 7.34. The quantitative estimate of drug-likeness (QED) is 0.615. The molecular formula is C19H28N2O5. The van der Waals surface area contributed by atoms with Crippen molar-refractivity contribution in [2.45, 2.75) is 58.1 Å². The fraction of sp³-hybridized carbons (Fsp3) is 0.526. The summed E-state index contributed by atoms with van der Waals surface area (Å²) in [5, 5.41) is 14.7. The zero-order valence-corrected chi connectivity index (χ0v) is 15.8. The van der Waals surface area contributed by atoms with Gasteiger partial charge in [-0.15, -0.1) is 0 Å². The first-order valence-electron chi connectivity index (χ1n) is 8.61. The number of hydrogen-bond acceptors (Lipinski definition) is 4. The van der Waals surface area contributed by atoms with Crippen LogP contribution in [0, 0.1) is 0 Å². The number of rotatable bonds is 8. The van der Waals surface area contributed by atoms with Gasteiger partial charge in [0.2, 0.25) is 0 Å². The van der Waals surface area contributed by atoms with Gasteiger partial charge < -0.3 is 20.5 Å². The fourth-order valence-electron chi connectivity index (χ4n) is 2.24. The third-order valence-electron chi connectivity index (χ3n) is 3.67. The molecule has 0 saturated carbocycles. The molecule has 0 aliphatic carbocycles. The van der Waals surface area contributed by atoms with Gasteiger partial charge in [0.15, 0.2) is 0 Å². The van der Waals surface area contributed by atoms with Crippen LogP contribution in [0.4, 0.5) is 4.79 Å². The first-order chi connectivity index (χ1) is 12.0. The van der Waals surface area contributed by atoms with E-state index in [0.29, 0.717) is 24.9 Å². The number of unbranched alkanes of at least 4 members (excludes halogenated alkanes) is 1. The third-order valence-corrected chi connectivity index (χ3v) is 3.67. The molecule has 3 N–H and O–H groups in total. The molecule has 1 rings (SSSR count). The van der Waals surface area contributed by atoms with Crippen LogP contribution in [0.15, 0.2) is 30.3 Å². The topological polar surface area (TPSA) is 105 Å². The summed E-state index contributed by atoms with van der Waals surface area (Å²) in [5.41, 5.74) is -1.53. The van der Waals surface area contributed by atoms with Gasteiger partial charge in [0.1, 0.15) is 11.1 Å². The molecule has 0 radical (unpaired) electrons. The van der Waals surface area contributed by atoms with E-state index < -0.39 is 29.1 Å². The molecule has 144 valence electrons. The summed E-state index contributed by atoms with van der Waals surface area (Å²) in [4.78, 5) is 35.4. The summed E-state index contributed by atoms with van der Waals surface area (Å²) in [6.07, 6.45) is 0.837. The highest BCUT2D eigenvalue weighted by atomic mass is 16.6. The van der Waals surface area contributed by atoms with E-state index in [0.717, 1.165) is 0 Å². The second-order valence-corrected chi connectivity index (χ2v) is 7.34. The Morgan fingerprint density at radius 1 is 1.04 bits per heavy atom. The van der Waals surface area contributed by atoms with Crippen molar-refractivity contribution in [1.29, 1.82) is 0 Å². The summed E-state index contributed by atoms with van der Waals surface area (Å²) in [5.74, 6) is -1.52. The van der Waals surface area contributed by atoms with E-state index in [1.54, 1.807) is 51.1 Å². The predicted molar refractivity (Wildman–Crippen MR) is 98.0 cm³/mol. The molecule has 7 nitrogen and oxygen atoms in total. The number of carbonyl (C=O) groups is 3. The van der Waals surface area contributed by atoms with Gasteiger partial charge in [-0.1, -0.05) is 18.2 Å². The van der Waals surface area contributed by atoms with Gasteiger partial charge >= 0.3 is 12.1 Å². The highest BCUT2D eigenvalue weighted by Gasteiger charge is 2.34. The maximum atomic E-state index is 12.2. The first-order valence-corrected chi connectivity index (χ1v) is 8.61. The van der Waals surface area contributed by atoms with Crippen LogP contribution in [0.1, 0.15) is 57.3 Å². The zero-order chi connectivity index (χ0) is 19.8. The van der Waals surface area contributed by atoms with Crippen LogP contribution in [-0.4, -0.2) is 40.8 Å². The monoisotopic (exact) mass is 364 g/mol. The van der Waals surface area contributed by atoms with Crippen molar-refractivity contribution in [3.05, 3.63) is 35.9 Å². The molecule has 0 heterocycles. The predicted octanol–water partition coefficient (Wildman–Crippen LogP) is 2.95. The Morgan fingerprint density at radius 3 is 2.19 bits per heavy atom. The second kappa shape index (κ2) is 9.22. The lowest BCUT2D eigenvalue weighted by molar-refractivity contribution is -0.144. The van der Waals surface area contributed by atoms with E-state index in [1.165, 1.54) is 6.92 Å². The largest absolute Gasteiger partial charge is 0.480 e. The number of hydrogen-bond donors (Lipinski definition) is 3. The van der Waals surface area contributed by atoms with Gasteiger partial charge in [-0.25, -0.2) is 9.59 Å². The van der Waals surface area contributed by atoms with Crippen LogP contribution in [0.3, 0.4) is 0 Å². The van der Waals surface area contributed by atoms with E-state index >= 15 is 0 Å². The van der Waals surface area contributed by atoms with Crippen LogP contribution in [0.25, 0.3) is 0 Å². The smallest absolute Gasteiger partial charge is 0.407 e. The summed E-state index contributed by atoms with van der Waals surface area (Å²) in [6.45, 7) is 7.19. The van der Waals surface area contributed by atoms with Crippen molar-refractivity contribution in [2.75, 3.05) is 6.54 Å². The van der Waals surface area contributed by atoms with Gasteiger partial charge in [0, 0.05) is 12.1 Å². The molecule has 1 atom stereocenters. The van der Waals surface area contributed by atoms with E-state index in [2.05, 4.69) is 10.6 Å². The van der Waals surface area contributed by atoms with Crippen molar-refractivity contribution < 1.29 is 24.2 Å². The maximum absolute atomic E-state index is 12.2. The number of carboxylic acid groups (broad SMARTS) is 1. The molecule has 1 aromatic rings. The van der Waals surface area contributed by atoms with Gasteiger partial charge in [-0.3, -0.25) is 4.79 Å². The number of aliphatic carboxylic acids is 1. The Kier molecular flexibility index (Phi) is 7.61. The number of amides is 2. The van der Waals surface area contributed by atoms with Crippen molar-refractivity contribution in [2.24, 2.45) is 0 Å². The Hall–Kier alpha value is -2.57. The molecular weight excluding hydrogens is 336 g/mol. The van der Waals surface area contributed by atoms with E-state index in [-0.39, 0.29) is 6.42 Å². The summed E-state index contributed by atoms with van der Waals surface area (Å²) < 4.78 is 5.12. The summed E-state index contributed by atoms with van der Waals surface area (Å²) in [7, 11) is 0. The Labute approximate surface area is 154 Å². The van der Waals surface area contributed by atoms with Crippen LogP contribution >= 0.6 is 0 Å². The average Bonchev–Trinajstić information content (AvgIpc) is 2.53. The number of benzene rings is 1. The Balaban J connectivity index is 2.46. The van der Waals surface area contributed by atoms with Gasteiger partial charge in [0.05, 0.1) is 0 Å². The Bertz CT molecular complexity index is 625. The van der Waals surface area contributed by atoms with Crippen LogP contribution in [0.5, 0.6) is 0 Å². The van der Waals surface area contributed by atoms with Crippen LogP contribution < -0.4 is 10.6 Å². The fourth-order valence-corrected chi connectivity index (χ4v) is 2.24. The molecule has 7 heteroatoms. The lowest BCUT2D eigenvalue weighted by Gasteiger charge is -2.26. The lowest BCUT2D eigenvalue weighted by atomic mass is 9.94. The maximum Gasteiger partial charge on any atom is 0.407 e. The van der Waals surface area contributed by atoms with Crippen molar-refractivity contribution in [3.63, 3.8) is 0 Å². The Morgan fingerprint density at radius 2 is 1.65 bits per heavy atom. The number of ether oxygens (including phenoxy) is 1. The molecule has 0 unspecified atom stereocenters. The van der Waals surface area contributed by atoms with Crippen LogP contribution in [0.2, 0.25) is 0 Å². The van der Waals surface area contributed by atoms with E-state index in [1.807, 2.05) is 0 Å². The molecule has 2 amide bonds. The SMILES string of the molecule is CC(C)(C)OC(=O)NCCCC[C@](C)(NC(=O)c1ccccc1)C(=O)O. The van der Waals surface area contributed by atoms with Gasteiger partial charge in [-0.2, -0.15) is 0 Å². The summed E-state index contributed by atoms with van der Waals surface area (Å²) >= 11 is 0. The lowest BCUT2D eigenvalue weighted by Crippen LogP contribution is -2.52. The molecule has 26 heavy (non-hydrogen) atoms. The number of alkyl carbamates (subject to hydrolysis) is 1. The number of carbonyl (C=O) groups excluding carboxylic acids is 2. The van der Waals surface area contributed by atoms with Crippen molar-refractivity contribution in [1.82, 2.24) is 10.6 Å². The molecule has 0 aliphatic rings. The normalized spacial score (nSPS) is 13.4. The average molecular weight is 364 g/mol. The highest BCUT2D eigenvalue weighted by molar-refractivity contribution is 5.97. The van der Waals surface area contributed by atoms with E-state index in [4.69, 9.17) is 4.74 Å². The van der Waals surface area contributed by atoms with Gasteiger partial charge in [-0.05, 0) is 59.1 Å². The highest BCUT2D eigenvalue weighted by Crippen LogP contribution is 2.16. The van der Waals surface area contributed by atoms with E-state index in [9.17, 15) is 19.5 Å². The minimum atomic E-state index is -1.38. The molecule has 0 saturated heterocycles. The number of carboxylic acids is 1. The minimum Gasteiger partial charge on any atom is -0.480 e. The summed E-state index contributed by atoms with van der Waals surface area (Å²) in [6, 6.07) is 8.47. The first kappa shape index (κ1) is 21.5. The molecule has 0 spiro atoms. The standard InChI is InChI=1S/C19H28N2O5/c1-18(2,3)26-17(25)20-13-9-8-12-19(4,16(23)24)21-15(22)14-10-6-5-7-11-14/h5-7,10-11H,8-9,12-13H2,1-4H3,(H,20,25)(H,21,22)(H,23,24)/t19-/m0/s1. The molecule has 1 aromatic carbocycles. The minimum absolute atomic E-state index is 0.247. The zero-order valence-electron chi connectivity index (χ0n) is 15.8. The van der Waals surface area contributed by atoms with Crippen LogP contribution in [-0.2, 0) is 9.53 Å². The van der Waals surface area contributed by atoms with Crippen molar-refractivity contribution >= 4 is 18.0 Å². The molecule has 0 fully saturated rings. The molecule has 0 bridgehead atoms. The number of nitrogens with one attached hydrogen (secondary N) is 2. The third kappa shape index (κ3) is 7.55. The molecule has 0 aliphatic heterocycles. The molecule has 0 aromatic heterocycles. The van der Waals surface area contributed by atoms with Crippen molar-refractivity contribution in [3.8, 4) is 0 Å².